The van der Waals surface area contributed by atoms with Gasteiger partial charge in [-0.15, -0.1) is 10.2 Å². The molecule has 3 aromatic carbocycles. The molecule has 0 aliphatic heterocycles. The first-order valence-corrected chi connectivity index (χ1v) is 13.9. The monoisotopic (exact) mass is 508 g/mol. The van der Waals surface area contributed by atoms with E-state index in [4.69, 9.17) is 4.74 Å². The molecule has 7 nitrogen and oxygen atoms in total. The van der Waals surface area contributed by atoms with Crippen LogP contribution in [0.4, 0.5) is 0 Å². The number of rotatable bonds is 11. The standard InChI is InChI=1S/C26H28N4O3S2/c1-3-29(4-2)35(31,32)24-17-11-12-21(20-24)25-27-28-26(30(25)22-13-7-5-8-14-22)34-19-18-33-23-15-9-6-10-16-23/h5-17,20H,3-4,18-19H2,1-2H3. The fraction of sp³-hybridized carbons (Fsp3) is 0.231. The fourth-order valence-corrected chi connectivity index (χ4v) is 5.95. The first-order valence-electron chi connectivity index (χ1n) is 11.5. The van der Waals surface area contributed by atoms with E-state index >= 15 is 0 Å². The van der Waals surface area contributed by atoms with Gasteiger partial charge in [-0.1, -0.05) is 74.1 Å². The molecule has 0 atom stereocenters. The minimum Gasteiger partial charge on any atom is -0.493 e. The lowest BCUT2D eigenvalue weighted by Gasteiger charge is -2.19. The van der Waals surface area contributed by atoms with Crippen LogP contribution in [0.1, 0.15) is 13.8 Å². The highest BCUT2D eigenvalue weighted by molar-refractivity contribution is 7.99. The summed E-state index contributed by atoms with van der Waals surface area (Å²) in [5.74, 6) is 2.08. The first-order chi connectivity index (χ1) is 17.0. The molecular formula is C26H28N4O3S2. The van der Waals surface area contributed by atoms with Crippen molar-refractivity contribution >= 4 is 21.8 Å². The molecule has 0 aliphatic carbocycles. The van der Waals surface area contributed by atoms with Gasteiger partial charge >= 0.3 is 0 Å². The molecule has 1 aromatic heterocycles. The molecule has 0 unspecified atom stereocenters. The predicted molar refractivity (Wildman–Crippen MR) is 140 cm³/mol. The van der Waals surface area contributed by atoms with Gasteiger partial charge < -0.3 is 4.74 Å². The molecule has 9 heteroatoms. The summed E-state index contributed by atoms with van der Waals surface area (Å²) in [5.41, 5.74) is 1.58. The number of aromatic nitrogens is 3. The third kappa shape index (κ3) is 5.75. The molecule has 35 heavy (non-hydrogen) atoms. The lowest BCUT2D eigenvalue weighted by Crippen LogP contribution is -2.30. The largest absolute Gasteiger partial charge is 0.493 e. The first kappa shape index (κ1) is 25.0. The van der Waals surface area contributed by atoms with Crippen LogP contribution in [-0.4, -0.2) is 52.9 Å². The lowest BCUT2D eigenvalue weighted by atomic mass is 10.2. The highest BCUT2D eigenvalue weighted by Gasteiger charge is 2.23. The van der Waals surface area contributed by atoms with E-state index in [0.717, 1.165) is 11.4 Å². The molecule has 0 spiro atoms. The van der Waals surface area contributed by atoms with E-state index in [1.54, 1.807) is 18.2 Å². The Morgan fingerprint density at radius 1 is 0.886 bits per heavy atom. The van der Waals surface area contributed by atoms with E-state index in [2.05, 4.69) is 10.2 Å². The van der Waals surface area contributed by atoms with Crippen molar-refractivity contribution in [2.24, 2.45) is 0 Å². The van der Waals surface area contributed by atoms with Crippen LogP contribution >= 0.6 is 11.8 Å². The van der Waals surface area contributed by atoms with Crippen molar-refractivity contribution in [3.8, 4) is 22.8 Å². The van der Waals surface area contributed by atoms with Gasteiger partial charge in [0.15, 0.2) is 11.0 Å². The van der Waals surface area contributed by atoms with Gasteiger partial charge in [0.1, 0.15) is 5.75 Å². The second kappa shape index (κ2) is 11.5. The van der Waals surface area contributed by atoms with E-state index < -0.39 is 10.0 Å². The molecule has 4 aromatic rings. The summed E-state index contributed by atoms with van der Waals surface area (Å²) in [6, 6.07) is 26.4. The Morgan fingerprint density at radius 3 is 2.26 bits per heavy atom. The summed E-state index contributed by atoms with van der Waals surface area (Å²) >= 11 is 1.54. The molecule has 1 heterocycles. The smallest absolute Gasteiger partial charge is 0.243 e. The van der Waals surface area contributed by atoms with Gasteiger partial charge in [-0.25, -0.2) is 8.42 Å². The molecular weight excluding hydrogens is 480 g/mol. The van der Waals surface area contributed by atoms with Crippen LogP contribution < -0.4 is 4.74 Å². The average molecular weight is 509 g/mol. The Kier molecular flexibility index (Phi) is 8.22. The second-order valence-electron chi connectivity index (χ2n) is 7.60. The Morgan fingerprint density at radius 2 is 1.57 bits per heavy atom. The number of ether oxygens (including phenoxy) is 1. The number of benzene rings is 3. The quantitative estimate of drug-likeness (QED) is 0.206. The maximum atomic E-state index is 13.1. The van der Waals surface area contributed by atoms with Gasteiger partial charge in [0.05, 0.1) is 11.5 Å². The van der Waals surface area contributed by atoms with Crippen LogP contribution in [0.25, 0.3) is 17.1 Å². The van der Waals surface area contributed by atoms with Gasteiger partial charge in [0.2, 0.25) is 10.0 Å². The van der Waals surface area contributed by atoms with E-state index in [9.17, 15) is 8.42 Å². The van der Waals surface area contributed by atoms with Gasteiger partial charge in [-0.05, 0) is 36.4 Å². The van der Waals surface area contributed by atoms with E-state index in [-0.39, 0.29) is 4.90 Å². The fourth-order valence-electron chi connectivity index (χ4n) is 3.68. The number of hydrogen-bond acceptors (Lipinski definition) is 6. The predicted octanol–water partition coefficient (Wildman–Crippen LogP) is 5.14. The molecule has 0 radical (unpaired) electrons. The summed E-state index contributed by atoms with van der Waals surface area (Å²) < 4.78 is 35.4. The van der Waals surface area contributed by atoms with Gasteiger partial charge in [0.25, 0.3) is 0 Å². The Bertz CT molecular complexity index is 1340. The normalized spacial score (nSPS) is 11.6. The van der Waals surface area contributed by atoms with E-state index in [0.29, 0.717) is 42.0 Å². The van der Waals surface area contributed by atoms with Crippen LogP contribution in [0, 0.1) is 0 Å². The maximum Gasteiger partial charge on any atom is 0.243 e. The zero-order valence-corrected chi connectivity index (χ0v) is 21.4. The van der Waals surface area contributed by atoms with E-state index in [1.807, 2.05) is 85.1 Å². The number of thioether (sulfide) groups is 1. The van der Waals surface area contributed by atoms with E-state index in [1.165, 1.54) is 16.1 Å². The summed E-state index contributed by atoms with van der Waals surface area (Å²) in [6.45, 7) is 5.01. The zero-order chi connectivity index (χ0) is 24.7. The minimum atomic E-state index is -3.59. The SMILES string of the molecule is CCN(CC)S(=O)(=O)c1cccc(-c2nnc(SCCOc3ccccc3)n2-c2ccccc2)c1. The van der Waals surface area contributed by atoms with Crippen molar-refractivity contribution in [2.45, 2.75) is 23.9 Å². The van der Waals surface area contributed by atoms with Gasteiger partial charge in [-0.3, -0.25) is 4.57 Å². The van der Waals surface area contributed by atoms with Gasteiger partial charge in [0, 0.05) is 30.1 Å². The molecule has 0 amide bonds. The summed E-state index contributed by atoms with van der Waals surface area (Å²) in [7, 11) is -3.59. The molecule has 4 rings (SSSR count). The minimum absolute atomic E-state index is 0.242. The Labute approximate surface area is 210 Å². The van der Waals surface area contributed by atoms with Crippen LogP contribution in [-0.2, 0) is 10.0 Å². The third-order valence-electron chi connectivity index (χ3n) is 5.41. The average Bonchev–Trinajstić information content (AvgIpc) is 3.32. The third-order valence-corrected chi connectivity index (χ3v) is 8.35. The summed E-state index contributed by atoms with van der Waals surface area (Å²) in [4.78, 5) is 0.242. The molecule has 0 N–H and O–H groups in total. The van der Waals surface area contributed by atoms with Crippen molar-refractivity contribution < 1.29 is 13.2 Å². The molecule has 0 saturated heterocycles. The Hall–Kier alpha value is -3.14. The summed E-state index contributed by atoms with van der Waals surface area (Å²) in [6.07, 6.45) is 0. The lowest BCUT2D eigenvalue weighted by molar-refractivity contribution is 0.344. The molecule has 0 aliphatic rings. The van der Waals surface area contributed by atoms with Crippen molar-refractivity contribution in [3.63, 3.8) is 0 Å². The van der Waals surface area contributed by atoms with Crippen molar-refractivity contribution in [2.75, 3.05) is 25.4 Å². The molecule has 0 saturated carbocycles. The number of sulfonamides is 1. The highest BCUT2D eigenvalue weighted by Crippen LogP contribution is 2.30. The van der Waals surface area contributed by atoms with Crippen LogP contribution in [0.2, 0.25) is 0 Å². The molecule has 182 valence electrons. The number of para-hydroxylation sites is 2. The second-order valence-corrected chi connectivity index (χ2v) is 10.6. The maximum absolute atomic E-state index is 13.1. The number of hydrogen-bond donors (Lipinski definition) is 0. The number of nitrogens with zero attached hydrogens (tertiary/aromatic N) is 4. The topological polar surface area (TPSA) is 77.3 Å². The van der Waals surface area contributed by atoms with Crippen LogP contribution in [0.5, 0.6) is 5.75 Å². The molecule has 0 fully saturated rings. The van der Waals surface area contributed by atoms with Crippen molar-refractivity contribution in [3.05, 3.63) is 84.9 Å². The molecule has 0 bridgehead atoms. The summed E-state index contributed by atoms with van der Waals surface area (Å²) in [5, 5.41) is 9.59. The van der Waals surface area contributed by atoms with Crippen LogP contribution in [0.3, 0.4) is 0 Å². The Balaban J connectivity index is 1.64. The van der Waals surface area contributed by atoms with Crippen molar-refractivity contribution in [1.29, 1.82) is 0 Å². The zero-order valence-electron chi connectivity index (χ0n) is 19.7. The van der Waals surface area contributed by atoms with Crippen molar-refractivity contribution in [1.82, 2.24) is 19.1 Å². The van der Waals surface area contributed by atoms with Crippen LogP contribution in [0.15, 0.2) is 95.0 Å². The van der Waals surface area contributed by atoms with Gasteiger partial charge in [-0.2, -0.15) is 4.31 Å². The highest BCUT2D eigenvalue weighted by atomic mass is 32.2.